The van der Waals surface area contributed by atoms with Crippen molar-refractivity contribution >= 4 is 0 Å². The van der Waals surface area contributed by atoms with Gasteiger partial charge in [0.15, 0.2) is 0 Å². The molecule has 0 saturated heterocycles. The largest absolute Gasteiger partial charge is 0.386 e. The second-order valence-electron chi connectivity index (χ2n) is 4.86. The van der Waals surface area contributed by atoms with Crippen molar-refractivity contribution in [1.82, 2.24) is 9.78 Å². The van der Waals surface area contributed by atoms with E-state index in [1.807, 2.05) is 17.7 Å². The summed E-state index contributed by atoms with van der Waals surface area (Å²) in [6, 6.07) is 10.4. The Morgan fingerprint density at radius 2 is 2.22 bits per heavy atom. The highest BCUT2D eigenvalue weighted by atomic mass is 16.3. The maximum atomic E-state index is 10.6. The molecule has 2 aromatic rings. The van der Waals surface area contributed by atoms with Crippen molar-refractivity contribution in [3.63, 3.8) is 0 Å². The van der Waals surface area contributed by atoms with Gasteiger partial charge in [0.25, 0.3) is 0 Å². The Labute approximate surface area is 107 Å². The van der Waals surface area contributed by atoms with Gasteiger partial charge in [0.2, 0.25) is 0 Å². The fraction of sp³-hybridized carbons (Fsp3) is 0.400. The van der Waals surface area contributed by atoms with E-state index in [1.165, 1.54) is 11.1 Å². The van der Waals surface area contributed by atoms with Gasteiger partial charge in [-0.25, -0.2) is 0 Å². The number of aromatic nitrogens is 2. The zero-order chi connectivity index (χ0) is 12.5. The normalized spacial score (nSPS) is 19.8. The minimum absolute atomic E-state index is 0.211. The van der Waals surface area contributed by atoms with Crippen molar-refractivity contribution in [2.45, 2.75) is 38.3 Å². The molecule has 1 aliphatic carbocycles. The van der Waals surface area contributed by atoms with Gasteiger partial charge in [0.05, 0.1) is 5.69 Å². The molecule has 1 aromatic carbocycles. The molecule has 1 aliphatic rings. The minimum Gasteiger partial charge on any atom is -0.386 e. The number of aliphatic hydroxyl groups is 1. The lowest BCUT2D eigenvalue weighted by Crippen LogP contribution is -2.13. The Morgan fingerprint density at radius 1 is 1.39 bits per heavy atom. The van der Waals surface area contributed by atoms with Gasteiger partial charge in [-0.15, -0.1) is 0 Å². The first-order valence-corrected chi connectivity index (χ1v) is 6.59. The maximum absolute atomic E-state index is 10.6. The summed E-state index contributed by atoms with van der Waals surface area (Å²) in [6.07, 6.45) is 3.41. The molecule has 18 heavy (non-hydrogen) atoms. The van der Waals surface area contributed by atoms with Crippen LogP contribution in [0, 0.1) is 0 Å². The fourth-order valence-electron chi connectivity index (χ4n) is 2.98. The summed E-state index contributed by atoms with van der Waals surface area (Å²) >= 11 is 0. The van der Waals surface area contributed by atoms with Crippen LogP contribution in [0.2, 0.25) is 0 Å². The van der Waals surface area contributed by atoms with Gasteiger partial charge >= 0.3 is 0 Å². The molecule has 3 nitrogen and oxygen atoms in total. The Kier molecular flexibility index (Phi) is 2.92. The average molecular weight is 242 g/mol. The molecule has 0 amide bonds. The van der Waals surface area contributed by atoms with Gasteiger partial charge < -0.3 is 5.11 Å². The molecule has 3 rings (SSSR count). The van der Waals surface area contributed by atoms with Crippen LogP contribution in [0.3, 0.4) is 0 Å². The van der Waals surface area contributed by atoms with Gasteiger partial charge in [-0.2, -0.15) is 5.10 Å². The lowest BCUT2D eigenvalue weighted by molar-refractivity contribution is 0.134. The van der Waals surface area contributed by atoms with Crippen molar-refractivity contribution in [2.24, 2.45) is 0 Å². The molecule has 3 heteroatoms. The smallest absolute Gasteiger partial charge is 0.102 e. The van der Waals surface area contributed by atoms with Crippen LogP contribution < -0.4 is 0 Å². The summed E-state index contributed by atoms with van der Waals surface area (Å²) in [5, 5.41) is 14.8. The zero-order valence-corrected chi connectivity index (χ0v) is 10.6. The third-order valence-electron chi connectivity index (χ3n) is 3.91. The Balaban J connectivity index is 1.93. The highest BCUT2D eigenvalue weighted by Gasteiger charge is 2.30. The number of aliphatic hydroxyl groups excluding tert-OH is 1. The monoisotopic (exact) mass is 242 g/mol. The molecule has 94 valence electrons. The Morgan fingerprint density at radius 3 is 3.06 bits per heavy atom. The standard InChI is InChI=1S/C15H18N2O/c1-2-17-14(9-10-16-17)15(18)13-8-7-11-5-3-4-6-12(11)13/h3-6,9-10,13,15,18H,2,7-8H2,1H3. The molecule has 0 spiro atoms. The van der Waals surface area contributed by atoms with E-state index in [-0.39, 0.29) is 5.92 Å². The third-order valence-corrected chi connectivity index (χ3v) is 3.91. The van der Waals surface area contributed by atoms with Crippen LogP contribution in [0.5, 0.6) is 0 Å². The lowest BCUT2D eigenvalue weighted by atomic mass is 9.93. The molecule has 1 aromatic heterocycles. The predicted octanol–water partition coefficient (Wildman–Crippen LogP) is 2.67. The number of rotatable bonds is 3. The molecule has 0 fully saturated rings. The van der Waals surface area contributed by atoms with Gasteiger partial charge in [-0.05, 0) is 37.0 Å². The molecule has 2 unspecified atom stereocenters. The van der Waals surface area contributed by atoms with Crippen LogP contribution in [0.4, 0.5) is 0 Å². The summed E-state index contributed by atoms with van der Waals surface area (Å²) in [7, 11) is 0. The lowest BCUT2D eigenvalue weighted by Gasteiger charge is -2.20. The minimum atomic E-state index is -0.448. The van der Waals surface area contributed by atoms with Gasteiger partial charge in [-0.3, -0.25) is 4.68 Å². The van der Waals surface area contributed by atoms with Gasteiger partial charge in [0, 0.05) is 18.7 Å². The number of fused-ring (bicyclic) bond motifs is 1. The number of nitrogens with zero attached hydrogens (tertiary/aromatic N) is 2. The quantitative estimate of drug-likeness (QED) is 0.898. The van der Waals surface area contributed by atoms with Crippen LogP contribution in [0.25, 0.3) is 0 Å². The molecule has 0 aliphatic heterocycles. The molecular formula is C15H18N2O. The SMILES string of the molecule is CCn1nccc1C(O)C1CCc2ccccc21. The average Bonchev–Trinajstić information content (AvgIpc) is 3.04. The zero-order valence-electron chi connectivity index (χ0n) is 10.6. The van der Waals surface area contributed by atoms with E-state index in [2.05, 4.69) is 29.4 Å². The van der Waals surface area contributed by atoms with Crippen LogP contribution in [0.15, 0.2) is 36.5 Å². The van der Waals surface area contributed by atoms with Gasteiger partial charge in [-0.1, -0.05) is 24.3 Å². The number of hydrogen-bond acceptors (Lipinski definition) is 2. The molecule has 0 saturated carbocycles. The van der Waals surface area contributed by atoms with E-state index < -0.39 is 6.10 Å². The Bertz CT molecular complexity index is 547. The molecular weight excluding hydrogens is 224 g/mol. The van der Waals surface area contributed by atoms with Crippen molar-refractivity contribution in [2.75, 3.05) is 0 Å². The molecule has 1 N–H and O–H groups in total. The number of benzene rings is 1. The first-order valence-electron chi connectivity index (χ1n) is 6.59. The summed E-state index contributed by atoms with van der Waals surface area (Å²) in [5.74, 6) is 0.211. The number of hydrogen-bond donors (Lipinski definition) is 1. The van der Waals surface area contributed by atoms with E-state index in [1.54, 1.807) is 6.20 Å². The van der Waals surface area contributed by atoms with Crippen LogP contribution >= 0.6 is 0 Å². The van der Waals surface area contributed by atoms with Gasteiger partial charge in [0.1, 0.15) is 6.10 Å². The highest BCUT2D eigenvalue weighted by Crippen LogP contribution is 2.41. The van der Waals surface area contributed by atoms with E-state index in [4.69, 9.17) is 0 Å². The molecule has 1 heterocycles. The summed E-state index contributed by atoms with van der Waals surface area (Å²) in [5.41, 5.74) is 3.61. The topological polar surface area (TPSA) is 38.0 Å². The Hall–Kier alpha value is -1.61. The highest BCUT2D eigenvalue weighted by molar-refractivity contribution is 5.36. The second-order valence-corrected chi connectivity index (χ2v) is 4.86. The second kappa shape index (κ2) is 4.58. The summed E-state index contributed by atoms with van der Waals surface area (Å²) in [6.45, 7) is 2.85. The van der Waals surface area contributed by atoms with E-state index in [0.29, 0.717) is 0 Å². The molecule has 2 atom stereocenters. The fourth-order valence-corrected chi connectivity index (χ4v) is 2.98. The first-order chi connectivity index (χ1) is 8.81. The van der Waals surface area contributed by atoms with Crippen LogP contribution in [-0.4, -0.2) is 14.9 Å². The van der Waals surface area contributed by atoms with E-state index >= 15 is 0 Å². The van der Waals surface area contributed by atoms with E-state index in [9.17, 15) is 5.11 Å². The predicted molar refractivity (Wildman–Crippen MR) is 70.4 cm³/mol. The van der Waals surface area contributed by atoms with E-state index in [0.717, 1.165) is 25.1 Å². The molecule has 0 bridgehead atoms. The van der Waals surface area contributed by atoms with Crippen molar-refractivity contribution in [3.8, 4) is 0 Å². The third kappa shape index (κ3) is 1.75. The maximum Gasteiger partial charge on any atom is 0.102 e. The number of aryl methyl sites for hydroxylation is 2. The first kappa shape index (κ1) is 11.5. The van der Waals surface area contributed by atoms with Crippen LogP contribution in [0.1, 0.15) is 42.2 Å². The van der Waals surface area contributed by atoms with Crippen molar-refractivity contribution < 1.29 is 5.11 Å². The summed E-state index contributed by atoms with van der Waals surface area (Å²) < 4.78 is 1.88. The molecule has 0 radical (unpaired) electrons. The van der Waals surface area contributed by atoms with Crippen molar-refractivity contribution in [1.29, 1.82) is 0 Å². The summed E-state index contributed by atoms with van der Waals surface area (Å²) in [4.78, 5) is 0. The van der Waals surface area contributed by atoms with Crippen molar-refractivity contribution in [3.05, 3.63) is 53.3 Å². The van der Waals surface area contributed by atoms with Crippen LogP contribution in [-0.2, 0) is 13.0 Å².